The molecule has 4 heteroatoms. The van der Waals surface area contributed by atoms with Gasteiger partial charge >= 0.3 is 0 Å². The lowest BCUT2D eigenvalue weighted by atomic mass is 10.1. The Labute approximate surface area is 92.5 Å². The van der Waals surface area contributed by atoms with Crippen molar-refractivity contribution in [2.75, 3.05) is 14.2 Å². The molecule has 0 radical (unpaired) electrons. The number of hydrogen-bond acceptors (Lipinski definition) is 3. The molecular formula is C10H14BrNO2. The van der Waals surface area contributed by atoms with Gasteiger partial charge in [-0.05, 0) is 34.0 Å². The quantitative estimate of drug-likeness (QED) is 0.843. The molecule has 0 aliphatic heterocycles. The van der Waals surface area contributed by atoms with Gasteiger partial charge in [0.1, 0.15) is 5.75 Å². The van der Waals surface area contributed by atoms with Crippen LogP contribution in [0.1, 0.15) is 11.1 Å². The Bertz CT molecular complexity index is 315. The van der Waals surface area contributed by atoms with Crippen molar-refractivity contribution in [1.82, 2.24) is 5.48 Å². The third kappa shape index (κ3) is 2.47. The van der Waals surface area contributed by atoms with Gasteiger partial charge in [-0.2, -0.15) is 5.48 Å². The van der Waals surface area contributed by atoms with Crippen LogP contribution in [0.25, 0.3) is 0 Å². The van der Waals surface area contributed by atoms with Gasteiger partial charge in [-0.15, -0.1) is 0 Å². The molecule has 0 spiro atoms. The summed E-state index contributed by atoms with van der Waals surface area (Å²) in [6, 6.07) is 4.06. The fraction of sp³-hybridized carbons (Fsp3) is 0.400. The zero-order valence-electron chi connectivity index (χ0n) is 8.56. The van der Waals surface area contributed by atoms with E-state index >= 15 is 0 Å². The van der Waals surface area contributed by atoms with E-state index in [0.29, 0.717) is 6.54 Å². The number of hydroxylamine groups is 1. The Hall–Kier alpha value is -0.580. The van der Waals surface area contributed by atoms with Crippen LogP contribution in [0.4, 0.5) is 0 Å². The van der Waals surface area contributed by atoms with E-state index in [9.17, 15) is 0 Å². The van der Waals surface area contributed by atoms with Crippen LogP contribution < -0.4 is 10.2 Å². The minimum atomic E-state index is 0.647. The van der Waals surface area contributed by atoms with Crippen LogP contribution in [-0.4, -0.2) is 14.2 Å². The molecule has 0 saturated heterocycles. The van der Waals surface area contributed by atoms with Gasteiger partial charge in [0, 0.05) is 6.54 Å². The first-order valence-electron chi connectivity index (χ1n) is 4.28. The van der Waals surface area contributed by atoms with E-state index in [1.165, 1.54) is 0 Å². The Morgan fingerprint density at radius 2 is 2.07 bits per heavy atom. The fourth-order valence-corrected chi connectivity index (χ4v) is 1.98. The number of methoxy groups -OCH3 is 1. The highest BCUT2D eigenvalue weighted by atomic mass is 79.9. The van der Waals surface area contributed by atoms with Crippen molar-refractivity contribution in [2.24, 2.45) is 0 Å². The van der Waals surface area contributed by atoms with E-state index in [1.54, 1.807) is 14.2 Å². The number of nitrogens with one attached hydrogen (secondary N) is 1. The molecule has 3 nitrogen and oxygen atoms in total. The van der Waals surface area contributed by atoms with E-state index < -0.39 is 0 Å². The van der Waals surface area contributed by atoms with Gasteiger partial charge in [-0.1, -0.05) is 12.1 Å². The highest BCUT2D eigenvalue weighted by Gasteiger charge is 2.08. The number of hydrogen-bond donors (Lipinski definition) is 1. The van der Waals surface area contributed by atoms with Crippen LogP contribution in [0.15, 0.2) is 16.6 Å². The fourth-order valence-electron chi connectivity index (χ4n) is 1.23. The summed E-state index contributed by atoms with van der Waals surface area (Å²) in [5.41, 5.74) is 5.01. The Morgan fingerprint density at radius 1 is 1.36 bits per heavy atom. The smallest absolute Gasteiger partial charge is 0.136 e. The first-order valence-corrected chi connectivity index (χ1v) is 5.07. The molecule has 0 fully saturated rings. The monoisotopic (exact) mass is 259 g/mol. The lowest BCUT2D eigenvalue weighted by Gasteiger charge is -2.11. The summed E-state index contributed by atoms with van der Waals surface area (Å²) < 4.78 is 6.26. The van der Waals surface area contributed by atoms with Crippen molar-refractivity contribution < 1.29 is 9.57 Å². The largest absolute Gasteiger partial charge is 0.495 e. The average Bonchev–Trinajstić information content (AvgIpc) is 2.18. The zero-order chi connectivity index (χ0) is 10.6. The number of benzene rings is 1. The maximum Gasteiger partial charge on any atom is 0.136 e. The van der Waals surface area contributed by atoms with Crippen molar-refractivity contribution in [1.29, 1.82) is 0 Å². The van der Waals surface area contributed by atoms with E-state index in [1.807, 2.05) is 19.1 Å². The first kappa shape index (κ1) is 11.5. The SMILES string of the molecule is CONCc1ccc(C)c(OC)c1Br. The minimum absolute atomic E-state index is 0.647. The molecule has 0 heterocycles. The molecule has 14 heavy (non-hydrogen) atoms. The van der Waals surface area contributed by atoms with Gasteiger partial charge in [0.05, 0.1) is 18.7 Å². The van der Waals surface area contributed by atoms with Gasteiger partial charge in [0.15, 0.2) is 0 Å². The summed E-state index contributed by atoms with van der Waals surface area (Å²) in [7, 11) is 3.26. The molecule has 0 unspecified atom stereocenters. The molecular weight excluding hydrogens is 246 g/mol. The second-order valence-corrected chi connectivity index (χ2v) is 3.71. The molecule has 0 aliphatic rings. The van der Waals surface area contributed by atoms with E-state index in [0.717, 1.165) is 21.3 Å². The van der Waals surface area contributed by atoms with Crippen molar-refractivity contribution in [3.05, 3.63) is 27.7 Å². The summed E-state index contributed by atoms with van der Waals surface area (Å²) >= 11 is 3.50. The van der Waals surface area contributed by atoms with Gasteiger partial charge < -0.3 is 9.57 Å². The van der Waals surface area contributed by atoms with Crippen LogP contribution in [-0.2, 0) is 11.4 Å². The maximum atomic E-state index is 5.28. The van der Waals surface area contributed by atoms with Crippen molar-refractivity contribution in [2.45, 2.75) is 13.5 Å². The van der Waals surface area contributed by atoms with Crippen LogP contribution in [0.3, 0.4) is 0 Å². The summed E-state index contributed by atoms with van der Waals surface area (Å²) in [5, 5.41) is 0. The summed E-state index contributed by atoms with van der Waals surface area (Å²) in [5.74, 6) is 0.875. The molecule has 78 valence electrons. The number of ether oxygens (including phenoxy) is 1. The normalized spacial score (nSPS) is 10.3. The molecule has 1 aromatic carbocycles. The number of rotatable bonds is 4. The molecule has 0 atom stereocenters. The second-order valence-electron chi connectivity index (χ2n) is 2.91. The van der Waals surface area contributed by atoms with Gasteiger partial charge in [0.2, 0.25) is 0 Å². The molecule has 1 rings (SSSR count). The molecule has 1 aromatic rings. The van der Waals surface area contributed by atoms with Crippen molar-refractivity contribution in [3.63, 3.8) is 0 Å². The highest BCUT2D eigenvalue weighted by Crippen LogP contribution is 2.31. The summed E-state index contributed by atoms with van der Waals surface area (Å²) in [6.45, 7) is 2.66. The standard InChI is InChI=1S/C10H14BrNO2/c1-7-4-5-8(6-12-14-3)9(11)10(7)13-2/h4-5,12H,6H2,1-3H3. The van der Waals surface area contributed by atoms with E-state index in [4.69, 9.17) is 9.57 Å². The van der Waals surface area contributed by atoms with Gasteiger partial charge in [-0.3, -0.25) is 0 Å². The molecule has 0 aliphatic carbocycles. The van der Waals surface area contributed by atoms with Crippen LogP contribution in [0.5, 0.6) is 5.75 Å². The Balaban J connectivity index is 2.96. The molecule has 0 saturated carbocycles. The van der Waals surface area contributed by atoms with Crippen LogP contribution in [0, 0.1) is 6.92 Å². The van der Waals surface area contributed by atoms with Gasteiger partial charge in [0.25, 0.3) is 0 Å². The number of aryl methyl sites for hydroxylation is 1. The summed E-state index contributed by atoms with van der Waals surface area (Å²) in [6.07, 6.45) is 0. The summed E-state index contributed by atoms with van der Waals surface area (Å²) in [4.78, 5) is 4.79. The Morgan fingerprint density at radius 3 is 2.64 bits per heavy atom. The molecule has 0 amide bonds. The van der Waals surface area contributed by atoms with Gasteiger partial charge in [-0.25, -0.2) is 0 Å². The van der Waals surface area contributed by atoms with E-state index in [2.05, 4.69) is 21.4 Å². The third-order valence-corrected chi connectivity index (χ3v) is 2.85. The molecule has 0 aromatic heterocycles. The second kappa shape index (κ2) is 5.34. The maximum absolute atomic E-state index is 5.28. The van der Waals surface area contributed by atoms with Crippen molar-refractivity contribution in [3.8, 4) is 5.75 Å². The number of halogens is 1. The molecule has 1 N–H and O–H groups in total. The van der Waals surface area contributed by atoms with Crippen molar-refractivity contribution >= 4 is 15.9 Å². The topological polar surface area (TPSA) is 30.5 Å². The molecule has 0 bridgehead atoms. The lowest BCUT2D eigenvalue weighted by Crippen LogP contribution is -2.11. The average molecular weight is 260 g/mol. The minimum Gasteiger partial charge on any atom is -0.495 e. The van der Waals surface area contributed by atoms with Crippen LogP contribution >= 0.6 is 15.9 Å². The lowest BCUT2D eigenvalue weighted by molar-refractivity contribution is 0.0865. The van der Waals surface area contributed by atoms with E-state index in [-0.39, 0.29) is 0 Å². The third-order valence-electron chi connectivity index (χ3n) is 1.99. The predicted octanol–water partition coefficient (Wildman–Crippen LogP) is 2.42. The first-order chi connectivity index (χ1) is 6.70. The Kier molecular flexibility index (Phi) is 4.38. The zero-order valence-corrected chi connectivity index (χ0v) is 10.1. The highest BCUT2D eigenvalue weighted by molar-refractivity contribution is 9.10. The predicted molar refractivity (Wildman–Crippen MR) is 59.3 cm³/mol. The van der Waals surface area contributed by atoms with Crippen LogP contribution in [0.2, 0.25) is 0 Å².